The van der Waals surface area contributed by atoms with Gasteiger partial charge < -0.3 is 10.1 Å². The van der Waals surface area contributed by atoms with Crippen LogP contribution in [-0.4, -0.2) is 31.2 Å². The molecule has 0 saturated heterocycles. The SMILES string of the molecule is CCOC(=O)C(CC)(NCCCN=[N+]=[N-])C1CC1. The van der Waals surface area contributed by atoms with Crippen LogP contribution in [0.1, 0.15) is 39.5 Å². The zero-order valence-electron chi connectivity index (χ0n) is 11.2. The van der Waals surface area contributed by atoms with Gasteiger partial charge in [0.1, 0.15) is 5.54 Å². The highest BCUT2D eigenvalue weighted by Gasteiger charge is 2.50. The van der Waals surface area contributed by atoms with Gasteiger partial charge in [-0.1, -0.05) is 12.0 Å². The number of azide groups is 1. The largest absolute Gasteiger partial charge is 0.465 e. The Morgan fingerprint density at radius 3 is 2.78 bits per heavy atom. The van der Waals surface area contributed by atoms with E-state index >= 15 is 0 Å². The van der Waals surface area contributed by atoms with Gasteiger partial charge in [0.15, 0.2) is 0 Å². The lowest BCUT2D eigenvalue weighted by molar-refractivity contribution is -0.152. The van der Waals surface area contributed by atoms with Crippen molar-refractivity contribution in [3.05, 3.63) is 10.4 Å². The van der Waals surface area contributed by atoms with E-state index in [2.05, 4.69) is 15.3 Å². The maximum atomic E-state index is 12.1. The van der Waals surface area contributed by atoms with Crippen molar-refractivity contribution in [2.24, 2.45) is 11.0 Å². The number of carbonyl (C=O) groups is 1. The van der Waals surface area contributed by atoms with Gasteiger partial charge in [0, 0.05) is 11.5 Å². The lowest BCUT2D eigenvalue weighted by atomic mass is 9.90. The average Bonchev–Trinajstić information content (AvgIpc) is 3.19. The minimum Gasteiger partial charge on any atom is -0.465 e. The summed E-state index contributed by atoms with van der Waals surface area (Å²) in [5.41, 5.74) is 7.66. The van der Waals surface area contributed by atoms with E-state index in [1.54, 1.807) is 0 Å². The number of rotatable bonds is 9. The van der Waals surface area contributed by atoms with Crippen LogP contribution in [0, 0.1) is 5.92 Å². The van der Waals surface area contributed by atoms with E-state index in [1.807, 2.05) is 13.8 Å². The van der Waals surface area contributed by atoms with E-state index in [1.165, 1.54) is 0 Å². The number of hydrogen-bond donors (Lipinski definition) is 1. The van der Waals surface area contributed by atoms with Gasteiger partial charge in [-0.2, -0.15) is 0 Å². The normalized spacial score (nSPS) is 17.7. The van der Waals surface area contributed by atoms with Crippen molar-refractivity contribution in [2.75, 3.05) is 19.7 Å². The van der Waals surface area contributed by atoms with E-state index in [9.17, 15) is 4.79 Å². The molecule has 1 atom stereocenters. The molecule has 102 valence electrons. The summed E-state index contributed by atoms with van der Waals surface area (Å²) in [7, 11) is 0. The standard InChI is InChI=1S/C12H22N4O2/c1-3-12(10-6-7-10,11(17)18-4-2)14-8-5-9-15-16-13/h10,14H,3-9H2,1-2H3. The summed E-state index contributed by atoms with van der Waals surface area (Å²) in [5.74, 6) is 0.250. The van der Waals surface area contributed by atoms with E-state index in [0.717, 1.165) is 25.7 Å². The summed E-state index contributed by atoms with van der Waals surface area (Å²) in [4.78, 5) is 14.8. The zero-order valence-corrected chi connectivity index (χ0v) is 11.2. The zero-order chi connectivity index (χ0) is 13.4. The third-order valence-electron chi connectivity index (χ3n) is 3.41. The van der Waals surface area contributed by atoms with Crippen molar-refractivity contribution in [2.45, 2.75) is 45.1 Å². The fourth-order valence-electron chi connectivity index (χ4n) is 2.28. The van der Waals surface area contributed by atoms with Crippen molar-refractivity contribution in [3.8, 4) is 0 Å². The molecule has 1 saturated carbocycles. The molecule has 0 aromatic rings. The molecule has 1 N–H and O–H groups in total. The molecule has 0 aliphatic heterocycles. The fraction of sp³-hybridized carbons (Fsp3) is 0.917. The van der Waals surface area contributed by atoms with Crippen LogP contribution >= 0.6 is 0 Å². The molecule has 0 aromatic carbocycles. The van der Waals surface area contributed by atoms with Gasteiger partial charge in [0.25, 0.3) is 0 Å². The number of ether oxygens (including phenoxy) is 1. The predicted octanol–water partition coefficient (Wildman–Crippen LogP) is 2.40. The second kappa shape index (κ2) is 7.24. The Hall–Kier alpha value is -1.26. The van der Waals surface area contributed by atoms with Gasteiger partial charge in [0.2, 0.25) is 0 Å². The quantitative estimate of drug-likeness (QED) is 0.225. The van der Waals surface area contributed by atoms with Gasteiger partial charge in [-0.05, 0) is 50.6 Å². The van der Waals surface area contributed by atoms with Gasteiger partial charge in [-0.3, -0.25) is 4.79 Å². The van der Waals surface area contributed by atoms with Gasteiger partial charge in [0.05, 0.1) is 6.61 Å². The topological polar surface area (TPSA) is 87.1 Å². The first-order valence-electron chi connectivity index (χ1n) is 6.64. The van der Waals surface area contributed by atoms with Crippen LogP contribution in [0.5, 0.6) is 0 Å². The molecule has 0 heterocycles. The van der Waals surface area contributed by atoms with Crippen molar-refractivity contribution >= 4 is 5.97 Å². The highest BCUT2D eigenvalue weighted by molar-refractivity contribution is 5.81. The molecule has 6 nitrogen and oxygen atoms in total. The summed E-state index contributed by atoms with van der Waals surface area (Å²) >= 11 is 0. The number of hydrogen-bond acceptors (Lipinski definition) is 4. The molecule has 0 radical (unpaired) electrons. The molecule has 6 heteroatoms. The molecule has 18 heavy (non-hydrogen) atoms. The van der Waals surface area contributed by atoms with Gasteiger partial charge in [-0.25, -0.2) is 0 Å². The Bertz CT molecular complexity index is 324. The predicted molar refractivity (Wildman–Crippen MR) is 69.0 cm³/mol. The number of esters is 1. The van der Waals surface area contributed by atoms with Crippen molar-refractivity contribution in [3.63, 3.8) is 0 Å². The number of nitrogens with one attached hydrogen (secondary N) is 1. The Labute approximate surface area is 108 Å². The lowest BCUT2D eigenvalue weighted by Crippen LogP contribution is -2.54. The average molecular weight is 254 g/mol. The number of nitrogens with zero attached hydrogens (tertiary/aromatic N) is 3. The van der Waals surface area contributed by atoms with Gasteiger partial charge in [-0.15, -0.1) is 0 Å². The molecule has 0 amide bonds. The van der Waals surface area contributed by atoms with Crippen LogP contribution in [0.4, 0.5) is 0 Å². The Morgan fingerprint density at radius 1 is 1.56 bits per heavy atom. The minimum atomic E-state index is -0.535. The third kappa shape index (κ3) is 3.62. The van der Waals surface area contributed by atoms with Crippen molar-refractivity contribution < 1.29 is 9.53 Å². The first-order valence-corrected chi connectivity index (χ1v) is 6.64. The maximum absolute atomic E-state index is 12.1. The van der Waals surface area contributed by atoms with Crippen LogP contribution < -0.4 is 5.32 Å². The van der Waals surface area contributed by atoms with Crippen LogP contribution in [-0.2, 0) is 9.53 Å². The Kier molecular flexibility index (Phi) is 5.95. The molecule has 1 aliphatic rings. The molecule has 1 rings (SSSR count). The molecular weight excluding hydrogens is 232 g/mol. The summed E-state index contributed by atoms with van der Waals surface area (Å²) < 4.78 is 5.19. The second-order valence-electron chi connectivity index (χ2n) is 4.55. The van der Waals surface area contributed by atoms with Crippen LogP contribution in [0.3, 0.4) is 0 Å². The molecule has 1 aliphatic carbocycles. The van der Waals surface area contributed by atoms with E-state index < -0.39 is 5.54 Å². The summed E-state index contributed by atoms with van der Waals surface area (Å²) in [5, 5.41) is 6.81. The van der Waals surface area contributed by atoms with Gasteiger partial charge >= 0.3 is 5.97 Å². The van der Waals surface area contributed by atoms with Crippen LogP contribution in [0.15, 0.2) is 5.11 Å². The molecule has 0 spiro atoms. The molecular formula is C12H22N4O2. The smallest absolute Gasteiger partial charge is 0.326 e. The highest BCUT2D eigenvalue weighted by atomic mass is 16.5. The lowest BCUT2D eigenvalue weighted by Gasteiger charge is -2.31. The van der Waals surface area contributed by atoms with Crippen molar-refractivity contribution in [1.82, 2.24) is 5.32 Å². The van der Waals surface area contributed by atoms with Crippen LogP contribution in [0.25, 0.3) is 10.4 Å². The summed E-state index contributed by atoms with van der Waals surface area (Å²) in [6.45, 7) is 5.37. The highest BCUT2D eigenvalue weighted by Crippen LogP contribution is 2.42. The molecule has 1 fully saturated rings. The van der Waals surface area contributed by atoms with E-state index in [4.69, 9.17) is 10.3 Å². The van der Waals surface area contributed by atoms with Crippen LogP contribution in [0.2, 0.25) is 0 Å². The molecule has 0 aromatic heterocycles. The first kappa shape index (κ1) is 14.8. The number of carbonyl (C=O) groups excluding carboxylic acids is 1. The Morgan fingerprint density at radius 2 is 2.28 bits per heavy atom. The molecule has 0 bridgehead atoms. The monoisotopic (exact) mass is 254 g/mol. The van der Waals surface area contributed by atoms with E-state index in [0.29, 0.717) is 25.6 Å². The van der Waals surface area contributed by atoms with Crippen molar-refractivity contribution in [1.29, 1.82) is 0 Å². The third-order valence-corrected chi connectivity index (χ3v) is 3.41. The summed E-state index contributed by atoms with van der Waals surface area (Å²) in [6.07, 6.45) is 3.63. The van der Waals surface area contributed by atoms with E-state index in [-0.39, 0.29) is 5.97 Å². The second-order valence-corrected chi connectivity index (χ2v) is 4.55. The Balaban J connectivity index is 2.54. The summed E-state index contributed by atoms with van der Waals surface area (Å²) in [6, 6.07) is 0. The molecule has 1 unspecified atom stereocenters. The maximum Gasteiger partial charge on any atom is 0.326 e. The minimum absolute atomic E-state index is 0.140. The fourth-order valence-corrected chi connectivity index (χ4v) is 2.28. The first-order chi connectivity index (χ1) is 8.71.